The maximum atomic E-state index is 12.5. The summed E-state index contributed by atoms with van der Waals surface area (Å²) >= 11 is 0. The SMILES string of the molecule is CCCNC(CS(=O)(=O)C(C)C(C)C)C1CCCCC1. The molecule has 0 amide bonds. The lowest BCUT2D eigenvalue weighted by Crippen LogP contribution is -2.45. The number of hydrogen-bond acceptors (Lipinski definition) is 3. The Hall–Kier alpha value is -0.0900. The second-order valence-electron chi connectivity index (χ2n) is 6.74. The van der Waals surface area contributed by atoms with Crippen LogP contribution in [0.15, 0.2) is 0 Å². The lowest BCUT2D eigenvalue weighted by Gasteiger charge is -2.32. The van der Waals surface area contributed by atoms with Crippen molar-refractivity contribution >= 4 is 9.84 Å². The van der Waals surface area contributed by atoms with Gasteiger partial charge in [-0.05, 0) is 44.6 Å². The minimum atomic E-state index is -3.00. The van der Waals surface area contributed by atoms with Crippen LogP contribution in [-0.4, -0.2) is 32.0 Å². The molecule has 2 atom stereocenters. The van der Waals surface area contributed by atoms with Crippen molar-refractivity contribution in [3.05, 3.63) is 0 Å². The molecule has 0 aromatic heterocycles. The molecule has 0 spiro atoms. The molecular formula is C16H33NO2S. The first-order chi connectivity index (χ1) is 9.38. The van der Waals surface area contributed by atoms with Crippen molar-refractivity contribution in [3.63, 3.8) is 0 Å². The van der Waals surface area contributed by atoms with Crippen LogP contribution in [0.25, 0.3) is 0 Å². The Bertz CT molecular complexity index is 359. The average Bonchev–Trinajstić information content (AvgIpc) is 2.43. The number of nitrogens with one attached hydrogen (secondary N) is 1. The molecule has 0 bridgehead atoms. The molecule has 0 aromatic rings. The van der Waals surface area contributed by atoms with Gasteiger partial charge in [0.1, 0.15) is 0 Å². The van der Waals surface area contributed by atoms with E-state index >= 15 is 0 Å². The topological polar surface area (TPSA) is 46.2 Å². The van der Waals surface area contributed by atoms with Crippen LogP contribution in [0.1, 0.15) is 66.2 Å². The fraction of sp³-hybridized carbons (Fsp3) is 1.00. The summed E-state index contributed by atoms with van der Waals surface area (Å²) in [5.41, 5.74) is 0. The maximum Gasteiger partial charge on any atom is 0.154 e. The lowest BCUT2D eigenvalue weighted by atomic mass is 9.84. The summed E-state index contributed by atoms with van der Waals surface area (Å²) in [6, 6.07) is 0.154. The van der Waals surface area contributed by atoms with Gasteiger partial charge in [-0.1, -0.05) is 40.0 Å². The van der Waals surface area contributed by atoms with E-state index in [-0.39, 0.29) is 17.2 Å². The van der Waals surface area contributed by atoms with Gasteiger partial charge < -0.3 is 5.32 Å². The van der Waals surface area contributed by atoms with E-state index < -0.39 is 9.84 Å². The maximum absolute atomic E-state index is 12.5. The minimum absolute atomic E-state index is 0.154. The Morgan fingerprint density at radius 1 is 1.10 bits per heavy atom. The van der Waals surface area contributed by atoms with E-state index in [1.54, 1.807) is 0 Å². The molecule has 1 aliphatic carbocycles. The quantitative estimate of drug-likeness (QED) is 0.747. The standard InChI is InChI=1S/C16H33NO2S/c1-5-11-17-16(15-9-7-6-8-10-15)12-20(18,19)14(4)13(2)3/h13-17H,5-12H2,1-4H3. The van der Waals surface area contributed by atoms with Crippen LogP contribution < -0.4 is 5.32 Å². The molecule has 120 valence electrons. The van der Waals surface area contributed by atoms with Crippen LogP contribution in [0, 0.1) is 11.8 Å². The van der Waals surface area contributed by atoms with E-state index in [0.29, 0.717) is 11.7 Å². The first-order valence-corrected chi connectivity index (χ1v) is 10.0. The summed E-state index contributed by atoms with van der Waals surface area (Å²) in [6.45, 7) is 8.91. The highest BCUT2D eigenvalue weighted by Gasteiger charge is 2.31. The summed E-state index contributed by atoms with van der Waals surface area (Å²) in [7, 11) is -3.00. The second kappa shape index (κ2) is 8.38. The predicted octanol–water partition coefficient (Wildman–Crippen LogP) is 3.39. The van der Waals surface area contributed by atoms with E-state index in [9.17, 15) is 8.42 Å². The molecule has 0 aliphatic heterocycles. The van der Waals surface area contributed by atoms with Crippen LogP contribution >= 0.6 is 0 Å². The van der Waals surface area contributed by atoms with Gasteiger partial charge in [-0.3, -0.25) is 0 Å². The molecule has 0 radical (unpaired) electrons. The van der Waals surface area contributed by atoms with Crippen LogP contribution in [-0.2, 0) is 9.84 Å². The van der Waals surface area contributed by atoms with E-state index in [4.69, 9.17) is 0 Å². The monoisotopic (exact) mass is 303 g/mol. The molecule has 4 heteroatoms. The molecular weight excluding hydrogens is 270 g/mol. The summed E-state index contributed by atoms with van der Waals surface area (Å²) in [5.74, 6) is 1.06. The minimum Gasteiger partial charge on any atom is -0.313 e. The van der Waals surface area contributed by atoms with Crippen LogP contribution in [0.2, 0.25) is 0 Å². The van der Waals surface area contributed by atoms with E-state index in [1.807, 2.05) is 20.8 Å². The van der Waals surface area contributed by atoms with Crippen molar-refractivity contribution < 1.29 is 8.42 Å². The van der Waals surface area contributed by atoms with Crippen LogP contribution in [0.3, 0.4) is 0 Å². The third kappa shape index (κ3) is 5.36. The van der Waals surface area contributed by atoms with Crippen molar-refractivity contribution in [2.45, 2.75) is 77.5 Å². The average molecular weight is 304 g/mol. The Labute approximate surface area is 125 Å². The molecule has 1 aliphatic rings. The molecule has 0 aromatic carbocycles. The Morgan fingerprint density at radius 2 is 1.70 bits per heavy atom. The highest BCUT2D eigenvalue weighted by molar-refractivity contribution is 7.92. The highest BCUT2D eigenvalue weighted by Crippen LogP contribution is 2.28. The Balaban J connectivity index is 2.72. The third-order valence-corrected chi connectivity index (χ3v) is 7.29. The van der Waals surface area contributed by atoms with Gasteiger partial charge in [0.15, 0.2) is 9.84 Å². The van der Waals surface area contributed by atoms with Crippen molar-refractivity contribution in [2.24, 2.45) is 11.8 Å². The number of rotatable bonds is 8. The number of sulfone groups is 1. The van der Waals surface area contributed by atoms with Crippen molar-refractivity contribution in [1.82, 2.24) is 5.32 Å². The molecule has 0 saturated heterocycles. The van der Waals surface area contributed by atoms with Gasteiger partial charge >= 0.3 is 0 Å². The van der Waals surface area contributed by atoms with Crippen molar-refractivity contribution in [3.8, 4) is 0 Å². The van der Waals surface area contributed by atoms with Crippen molar-refractivity contribution in [1.29, 1.82) is 0 Å². The zero-order valence-corrected chi connectivity index (χ0v) is 14.5. The highest BCUT2D eigenvalue weighted by atomic mass is 32.2. The second-order valence-corrected chi connectivity index (χ2v) is 9.14. The molecule has 1 saturated carbocycles. The molecule has 0 heterocycles. The zero-order valence-electron chi connectivity index (χ0n) is 13.7. The first kappa shape index (κ1) is 18.0. The molecule has 1 rings (SSSR count). The molecule has 1 N–H and O–H groups in total. The normalized spacial score (nSPS) is 21.1. The lowest BCUT2D eigenvalue weighted by molar-refractivity contribution is 0.282. The van der Waals surface area contributed by atoms with Gasteiger partial charge in [0.25, 0.3) is 0 Å². The summed E-state index contributed by atoms with van der Waals surface area (Å²) in [6.07, 6.45) is 7.26. The molecule has 2 unspecified atom stereocenters. The van der Waals surface area contributed by atoms with Gasteiger partial charge in [-0.25, -0.2) is 8.42 Å². The molecule has 1 fully saturated rings. The smallest absolute Gasteiger partial charge is 0.154 e. The molecule has 3 nitrogen and oxygen atoms in total. The predicted molar refractivity (Wildman–Crippen MR) is 86.7 cm³/mol. The van der Waals surface area contributed by atoms with Crippen LogP contribution in [0.5, 0.6) is 0 Å². The summed E-state index contributed by atoms with van der Waals surface area (Å²) in [4.78, 5) is 0. The van der Waals surface area contributed by atoms with Gasteiger partial charge in [0.2, 0.25) is 0 Å². The fourth-order valence-electron chi connectivity index (χ4n) is 3.04. The van der Waals surface area contributed by atoms with E-state index in [0.717, 1.165) is 13.0 Å². The number of hydrogen-bond donors (Lipinski definition) is 1. The van der Waals surface area contributed by atoms with Gasteiger partial charge in [0, 0.05) is 6.04 Å². The summed E-state index contributed by atoms with van der Waals surface area (Å²) < 4.78 is 25.1. The van der Waals surface area contributed by atoms with E-state index in [2.05, 4.69) is 12.2 Å². The largest absolute Gasteiger partial charge is 0.313 e. The summed E-state index contributed by atoms with van der Waals surface area (Å²) in [5, 5.41) is 3.27. The van der Waals surface area contributed by atoms with Gasteiger partial charge in [0.05, 0.1) is 11.0 Å². The van der Waals surface area contributed by atoms with Crippen molar-refractivity contribution in [2.75, 3.05) is 12.3 Å². The van der Waals surface area contributed by atoms with Gasteiger partial charge in [-0.15, -0.1) is 0 Å². The fourth-order valence-corrected chi connectivity index (χ4v) is 5.07. The first-order valence-electron chi connectivity index (χ1n) is 8.33. The third-order valence-electron chi connectivity index (χ3n) is 4.79. The Morgan fingerprint density at radius 3 is 2.20 bits per heavy atom. The van der Waals surface area contributed by atoms with Gasteiger partial charge in [-0.2, -0.15) is 0 Å². The van der Waals surface area contributed by atoms with E-state index in [1.165, 1.54) is 32.1 Å². The van der Waals surface area contributed by atoms with Crippen LogP contribution in [0.4, 0.5) is 0 Å². The molecule has 20 heavy (non-hydrogen) atoms. The Kier molecular flexibility index (Phi) is 7.52. The zero-order chi connectivity index (χ0) is 15.2.